The molecule has 0 fully saturated rings. The Hall–Kier alpha value is -1.95. The molecule has 0 atom stereocenters. The Morgan fingerprint density at radius 2 is 2.10 bits per heavy atom. The highest BCUT2D eigenvalue weighted by atomic mass is 32.1. The predicted molar refractivity (Wildman–Crippen MR) is 80.4 cm³/mol. The van der Waals surface area contributed by atoms with E-state index in [1.165, 1.54) is 28.4 Å². The first-order chi connectivity index (χ1) is 9.93. The third-order valence-corrected chi connectivity index (χ3v) is 4.46. The maximum absolute atomic E-state index is 13.3. The van der Waals surface area contributed by atoms with Crippen molar-refractivity contribution in [3.05, 3.63) is 34.5 Å². The van der Waals surface area contributed by atoms with E-state index < -0.39 is 5.97 Å². The van der Waals surface area contributed by atoms with Crippen LogP contribution in [0.3, 0.4) is 0 Å². The number of fused-ring (bicyclic) bond motifs is 1. The second kappa shape index (κ2) is 6.22. The molecule has 4 nitrogen and oxygen atoms in total. The van der Waals surface area contributed by atoms with Gasteiger partial charge in [-0.2, -0.15) is 0 Å². The lowest BCUT2D eigenvalue weighted by Gasteiger charge is -2.19. The first kappa shape index (κ1) is 15.4. The molecule has 2 aromatic rings. The number of halogens is 1. The lowest BCUT2D eigenvalue weighted by atomic mass is 10.1. The van der Waals surface area contributed by atoms with Gasteiger partial charge < -0.3 is 10.0 Å². The average Bonchev–Trinajstić information content (AvgIpc) is 2.74. The van der Waals surface area contributed by atoms with Crippen molar-refractivity contribution in [1.29, 1.82) is 0 Å². The quantitative estimate of drug-likeness (QED) is 0.922. The van der Waals surface area contributed by atoms with Crippen LogP contribution in [0.1, 0.15) is 28.6 Å². The second-order valence-corrected chi connectivity index (χ2v) is 5.87. The summed E-state index contributed by atoms with van der Waals surface area (Å²) in [4.78, 5) is 25.2. The standard InChI is InChI=1S/C15H16FNO3S/c1-3-6-17(8-13(18)19)15(20)14-9(2)11-7-10(16)4-5-12(11)21-14/h4-5,7H,3,6,8H2,1-2H3,(H,18,19). The van der Waals surface area contributed by atoms with E-state index in [-0.39, 0.29) is 18.3 Å². The second-order valence-electron chi connectivity index (χ2n) is 4.82. The third-order valence-electron chi connectivity index (χ3n) is 3.20. The van der Waals surface area contributed by atoms with Gasteiger partial charge in [0.15, 0.2) is 0 Å². The number of carboxylic acids is 1. The molecule has 0 aliphatic carbocycles. The Morgan fingerprint density at radius 3 is 2.71 bits per heavy atom. The molecular formula is C15H16FNO3S. The molecule has 1 aromatic carbocycles. The molecule has 112 valence electrons. The fourth-order valence-electron chi connectivity index (χ4n) is 2.23. The van der Waals surface area contributed by atoms with Gasteiger partial charge in [0, 0.05) is 11.2 Å². The van der Waals surface area contributed by atoms with E-state index in [0.29, 0.717) is 28.8 Å². The minimum Gasteiger partial charge on any atom is -0.480 e. The largest absolute Gasteiger partial charge is 0.480 e. The lowest BCUT2D eigenvalue weighted by molar-refractivity contribution is -0.137. The summed E-state index contributed by atoms with van der Waals surface area (Å²) >= 11 is 1.27. The van der Waals surface area contributed by atoms with Crippen molar-refractivity contribution in [2.24, 2.45) is 0 Å². The van der Waals surface area contributed by atoms with Crippen LogP contribution >= 0.6 is 11.3 Å². The van der Waals surface area contributed by atoms with Gasteiger partial charge in [0.05, 0.1) is 4.88 Å². The minimum atomic E-state index is -1.04. The maximum Gasteiger partial charge on any atom is 0.323 e. The Bertz CT molecular complexity index is 696. The first-order valence-electron chi connectivity index (χ1n) is 6.63. The van der Waals surface area contributed by atoms with Crippen molar-refractivity contribution in [2.45, 2.75) is 20.3 Å². The number of aliphatic carboxylic acids is 1. The molecule has 0 radical (unpaired) electrons. The molecule has 0 aliphatic heterocycles. The number of aryl methyl sites for hydroxylation is 1. The van der Waals surface area contributed by atoms with Crippen LogP contribution in [-0.2, 0) is 4.79 Å². The minimum absolute atomic E-state index is 0.307. The molecule has 1 aromatic heterocycles. The molecular weight excluding hydrogens is 293 g/mol. The summed E-state index contributed by atoms with van der Waals surface area (Å²) in [7, 11) is 0. The summed E-state index contributed by atoms with van der Waals surface area (Å²) in [5.74, 6) is -1.70. The normalized spacial score (nSPS) is 10.8. The molecule has 1 N–H and O–H groups in total. The number of amides is 1. The number of hydrogen-bond acceptors (Lipinski definition) is 3. The molecule has 0 saturated carbocycles. The molecule has 0 saturated heterocycles. The molecule has 1 amide bonds. The van der Waals surface area contributed by atoms with Crippen molar-refractivity contribution < 1.29 is 19.1 Å². The third kappa shape index (κ3) is 3.21. The zero-order valence-electron chi connectivity index (χ0n) is 11.9. The van der Waals surface area contributed by atoms with E-state index in [9.17, 15) is 14.0 Å². The predicted octanol–water partition coefficient (Wildman–Crippen LogP) is 3.29. The number of nitrogens with zero attached hydrogens (tertiary/aromatic N) is 1. The van der Waals surface area contributed by atoms with Crippen LogP contribution in [0.5, 0.6) is 0 Å². The van der Waals surface area contributed by atoms with Gasteiger partial charge in [-0.25, -0.2) is 4.39 Å². The number of carboxylic acid groups (broad SMARTS) is 1. The molecule has 0 aliphatic rings. The van der Waals surface area contributed by atoms with Crippen LogP contribution in [0.15, 0.2) is 18.2 Å². The average molecular weight is 309 g/mol. The van der Waals surface area contributed by atoms with Crippen molar-refractivity contribution >= 4 is 33.3 Å². The number of benzene rings is 1. The van der Waals surface area contributed by atoms with E-state index in [1.807, 2.05) is 6.92 Å². The van der Waals surface area contributed by atoms with Crippen LogP contribution in [0, 0.1) is 12.7 Å². The summed E-state index contributed by atoms with van der Waals surface area (Å²) in [5, 5.41) is 9.62. The van der Waals surface area contributed by atoms with Crippen LogP contribution in [0.25, 0.3) is 10.1 Å². The van der Waals surface area contributed by atoms with Gasteiger partial charge in [-0.1, -0.05) is 6.92 Å². The van der Waals surface area contributed by atoms with Gasteiger partial charge in [-0.05, 0) is 42.5 Å². The van der Waals surface area contributed by atoms with E-state index in [0.717, 1.165) is 4.70 Å². The zero-order chi connectivity index (χ0) is 15.6. The smallest absolute Gasteiger partial charge is 0.323 e. The molecule has 6 heteroatoms. The van der Waals surface area contributed by atoms with Crippen LogP contribution in [0.4, 0.5) is 4.39 Å². The maximum atomic E-state index is 13.3. The number of carbonyl (C=O) groups excluding carboxylic acids is 1. The van der Waals surface area contributed by atoms with Gasteiger partial charge in [0.25, 0.3) is 5.91 Å². The van der Waals surface area contributed by atoms with Crippen LogP contribution < -0.4 is 0 Å². The molecule has 0 unspecified atom stereocenters. The number of hydrogen-bond donors (Lipinski definition) is 1. The van der Waals surface area contributed by atoms with Gasteiger partial charge in [0.1, 0.15) is 12.4 Å². The topological polar surface area (TPSA) is 57.6 Å². The number of rotatable bonds is 5. The summed E-state index contributed by atoms with van der Waals surface area (Å²) in [5.41, 5.74) is 0.700. The summed E-state index contributed by atoms with van der Waals surface area (Å²) in [6, 6.07) is 4.40. The van der Waals surface area contributed by atoms with Gasteiger partial charge in [0.2, 0.25) is 0 Å². The Labute approximate surface area is 125 Å². The van der Waals surface area contributed by atoms with Gasteiger partial charge in [-0.15, -0.1) is 11.3 Å². The molecule has 2 rings (SSSR count). The van der Waals surface area contributed by atoms with Crippen molar-refractivity contribution in [3.8, 4) is 0 Å². The van der Waals surface area contributed by atoms with Crippen LogP contribution in [-0.4, -0.2) is 35.0 Å². The highest BCUT2D eigenvalue weighted by molar-refractivity contribution is 7.21. The number of carbonyl (C=O) groups is 2. The Morgan fingerprint density at radius 1 is 1.38 bits per heavy atom. The van der Waals surface area contributed by atoms with E-state index in [2.05, 4.69) is 0 Å². The number of thiophene rings is 1. The van der Waals surface area contributed by atoms with Crippen molar-refractivity contribution in [2.75, 3.05) is 13.1 Å². The van der Waals surface area contributed by atoms with Crippen LogP contribution in [0.2, 0.25) is 0 Å². The zero-order valence-corrected chi connectivity index (χ0v) is 12.7. The summed E-state index contributed by atoms with van der Waals surface area (Å²) in [6.45, 7) is 3.70. The molecule has 1 heterocycles. The Kier molecular flexibility index (Phi) is 4.57. The SMILES string of the molecule is CCCN(CC(=O)O)C(=O)c1sc2ccc(F)cc2c1C. The fraction of sp³-hybridized carbons (Fsp3) is 0.333. The van der Waals surface area contributed by atoms with Gasteiger partial charge >= 0.3 is 5.97 Å². The van der Waals surface area contributed by atoms with Crippen molar-refractivity contribution in [1.82, 2.24) is 4.90 Å². The summed E-state index contributed by atoms with van der Waals surface area (Å²) in [6.07, 6.45) is 0.678. The highest BCUT2D eigenvalue weighted by Gasteiger charge is 2.22. The van der Waals surface area contributed by atoms with E-state index in [4.69, 9.17) is 5.11 Å². The first-order valence-corrected chi connectivity index (χ1v) is 7.45. The molecule has 0 bridgehead atoms. The fourth-order valence-corrected chi connectivity index (χ4v) is 3.38. The Balaban J connectivity index is 2.41. The molecule has 21 heavy (non-hydrogen) atoms. The van der Waals surface area contributed by atoms with Crippen molar-refractivity contribution in [3.63, 3.8) is 0 Å². The van der Waals surface area contributed by atoms with E-state index in [1.54, 1.807) is 13.0 Å². The molecule has 0 spiro atoms. The van der Waals surface area contributed by atoms with E-state index >= 15 is 0 Å². The summed E-state index contributed by atoms with van der Waals surface area (Å²) < 4.78 is 14.1. The van der Waals surface area contributed by atoms with Gasteiger partial charge in [-0.3, -0.25) is 9.59 Å². The highest BCUT2D eigenvalue weighted by Crippen LogP contribution is 2.32. The lowest BCUT2D eigenvalue weighted by Crippen LogP contribution is -2.36. The monoisotopic (exact) mass is 309 g/mol.